The molecule has 0 fully saturated rings. The van der Waals surface area contributed by atoms with Crippen LogP contribution in [0.4, 0.5) is 4.39 Å². The molecule has 0 aliphatic carbocycles. The Morgan fingerprint density at radius 1 is 1.24 bits per heavy atom. The van der Waals surface area contributed by atoms with Crippen LogP contribution >= 0.6 is 0 Å². The molecule has 0 bridgehead atoms. The molecule has 2 heterocycles. The second-order valence-electron chi connectivity index (χ2n) is 4.93. The summed E-state index contributed by atoms with van der Waals surface area (Å²) >= 11 is 0. The first-order valence-corrected chi connectivity index (χ1v) is 7.29. The molecule has 0 N–H and O–H groups in total. The minimum Gasteiger partial charge on any atom is -0.491 e. The van der Waals surface area contributed by atoms with Gasteiger partial charge in [-0.3, -0.25) is 0 Å². The zero-order valence-electron chi connectivity index (χ0n) is 13.3. The fourth-order valence-electron chi connectivity index (χ4n) is 2.02. The van der Waals surface area contributed by atoms with Crippen LogP contribution in [-0.4, -0.2) is 45.5 Å². The molecular weight excluding hydrogens is 327 g/mol. The molecule has 9 heteroatoms. The summed E-state index contributed by atoms with van der Waals surface area (Å²) in [6.07, 6.45) is 1.08. The number of halogens is 1. The van der Waals surface area contributed by atoms with E-state index >= 15 is 0 Å². The van der Waals surface area contributed by atoms with Crippen LogP contribution in [0.25, 0.3) is 17.2 Å². The van der Waals surface area contributed by atoms with Gasteiger partial charge in [0.25, 0.3) is 0 Å². The maximum atomic E-state index is 13.0. The summed E-state index contributed by atoms with van der Waals surface area (Å²) in [5.74, 6) is 0.282. The topological polar surface area (TPSA) is 98.7 Å². The monoisotopic (exact) mass is 340 g/mol. The smallest absolute Gasteiger partial charge is 0.223 e. The van der Waals surface area contributed by atoms with E-state index < -0.39 is 5.82 Å². The maximum absolute atomic E-state index is 13.0. The van der Waals surface area contributed by atoms with Crippen LogP contribution in [0.1, 0.15) is 5.56 Å². The van der Waals surface area contributed by atoms with Crippen molar-refractivity contribution < 1.29 is 13.9 Å². The van der Waals surface area contributed by atoms with Crippen molar-refractivity contribution in [2.75, 3.05) is 20.3 Å². The molecule has 2 aromatic heterocycles. The van der Waals surface area contributed by atoms with Crippen molar-refractivity contribution >= 4 is 0 Å². The fraction of sp³-hybridized carbons (Fsp3) is 0.188. The Morgan fingerprint density at radius 3 is 2.84 bits per heavy atom. The number of nitriles is 1. The van der Waals surface area contributed by atoms with Gasteiger partial charge in [0.1, 0.15) is 23.9 Å². The van der Waals surface area contributed by atoms with E-state index in [4.69, 9.17) is 9.47 Å². The maximum Gasteiger partial charge on any atom is 0.223 e. The number of hydrogen-bond acceptors (Lipinski definition) is 7. The Morgan fingerprint density at radius 2 is 2.12 bits per heavy atom. The average Bonchev–Trinajstić information content (AvgIpc) is 3.12. The van der Waals surface area contributed by atoms with Crippen molar-refractivity contribution in [3.05, 3.63) is 47.9 Å². The molecule has 25 heavy (non-hydrogen) atoms. The van der Waals surface area contributed by atoms with E-state index in [9.17, 15) is 9.65 Å². The second-order valence-corrected chi connectivity index (χ2v) is 4.93. The summed E-state index contributed by atoms with van der Waals surface area (Å²) in [4.78, 5) is 5.17. The first-order valence-electron chi connectivity index (χ1n) is 7.29. The van der Waals surface area contributed by atoms with Crippen molar-refractivity contribution in [3.63, 3.8) is 0 Å². The van der Waals surface area contributed by atoms with Gasteiger partial charge in [0.05, 0.1) is 30.1 Å². The van der Waals surface area contributed by atoms with E-state index in [1.165, 1.54) is 16.9 Å². The molecule has 0 amide bonds. The standard InChI is InChI=1S/C16H13FN6O2/c1-24-4-5-25-14-7-11(9-18)6-13(8-14)23-21-16(20-22-23)15-3-2-12(17)10-19-15/h2-3,6-8,10H,4-5H2,1H3. The molecule has 0 saturated carbocycles. The number of nitrogens with zero attached hydrogens (tertiary/aromatic N) is 6. The van der Waals surface area contributed by atoms with E-state index in [1.54, 1.807) is 25.3 Å². The summed E-state index contributed by atoms with van der Waals surface area (Å²) in [6.45, 7) is 0.772. The molecule has 3 rings (SSSR count). The molecule has 0 atom stereocenters. The summed E-state index contributed by atoms with van der Waals surface area (Å²) < 4.78 is 23.4. The largest absolute Gasteiger partial charge is 0.491 e. The lowest BCUT2D eigenvalue weighted by atomic mass is 10.2. The highest BCUT2D eigenvalue weighted by atomic mass is 19.1. The molecule has 0 spiro atoms. The predicted molar refractivity (Wildman–Crippen MR) is 84.4 cm³/mol. The third-order valence-corrected chi connectivity index (χ3v) is 3.18. The van der Waals surface area contributed by atoms with Gasteiger partial charge < -0.3 is 9.47 Å². The van der Waals surface area contributed by atoms with Crippen molar-refractivity contribution in [1.82, 2.24) is 25.2 Å². The van der Waals surface area contributed by atoms with E-state index in [0.717, 1.165) is 6.20 Å². The number of aromatic nitrogens is 5. The molecular formula is C16H13FN6O2. The fourth-order valence-corrected chi connectivity index (χ4v) is 2.02. The van der Waals surface area contributed by atoms with Gasteiger partial charge in [-0.25, -0.2) is 9.37 Å². The number of methoxy groups -OCH3 is 1. The lowest BCUT2D eigenvalue weighted by Crippen LogP contribution is -2.06. The van der Waals surface area contributed by atoms with Crippen LogP contribution < -0.4 is 4.74 Å². The summed E-state index contributed by atoms with van der Waals surface area (Å²) in [5.41, 5.74) is 1.29. The van der Waals surface area contributed by atoms with Gasteiger partial charge in [-0.1, -0.05) is 0 Å². The quantitative estimate of drug-likeness (QED) is 0.630. The van der Waals surface area contributed by atoms with Gasteiger partial charge >= 0.3 is 0 Å². The Bertz CT molecular complexity index is 904. The van der Waals surface area contributed by atoms with Crippen molar-refractivity contribution in [2.24, 2.45) is 0 Å². The zero-order chi connectivity index (χ0) is 17.6. The number of rotatable bonds is 6. The predicted octanol–water partition coefficient (Wildman–Crippen LogP) is 1.76. The lowest BCUT2D eigenvalue weighted by Gasteiger charge is -2.07. The SMILES string of the molecule is COCCOc1cc(C#N)cc(-n2nnc(-c3ccc(F)cn3)n2)c1. The molecule has 0 saturated heterocycles. The zero-order valence-corrected chi connectivity index (χ0v) is 13.3. The molecule has 0 radical (unpaired) electrons. The van der Waals surface area contributed by atoms with Gasteiger partial charge in [0.15, 0.2) is 0 Å². The van der Waals surface area contributed by atoms with E-state index in [0.29, 0.717) is 35.9 Å². The molecule has 0 aliphatic heterocycles. The van der Waals surface area contributed by atoms with E-state index in [2.05, 4.69) is 26.5 Å². The molecule has 0 unspecified atom stereocenters. The average molecular weight is 340 g/mol. The van der Waals surface area contributed by atoms with Crippen LogP contribution in [0.5, 0.6) is 5.75 Å². The third kappa shape index (κ3) is 3.94. The van der Waals surface area contributed by atoms with Crippen LogP contribution in [0.2, 0.25) is 0 Å². The number of pyridine rings is 1. The van der Waals surface area contributed by atoms with Gasteiger partial charge in [-0.15, -0.1) is 15.0 Å². The summed E-state index contributed by atoms with van der Waals surface area (Å²) in [5, 5.41) is 21.2. The number of tetrazole rings is 1. The van der Waals surface area contributed by atoms with Crippen molar-refractivity contribution in [1.29, 1.82) is 5.26 Å². The molecule has 126 valence electrons. The summed E-state index contributed by atoms with van der Waals surface area (Å²) in [6, 6.07) is 9.68. The van der Waals surface area contributed by atoms with Gasteiger partial charge in [-0.2, -0.15) is 5.26 Å². The normalized spacial score (nSPS) is 10.4. The van der Waals surface area contributed by atoms with Crippen LogP contribution in [0, 0.1) is 17.1 Å². The third-order valence-electron chi connectivity index (χ3n) is 3.18. The van der Waals surface area contributed by atoms with E-state index in [-0.39, 0.29) is 5.82 Å². The van der Waals surface area contributed by atoms with Crippen LogP contribution in [0.3, 0.4) is 0 Å². The highest BCUT2D eigenvalue weighted by molar-refractivity contribution is 5.49. The second kappa shape index (κ2) is 7.46. The number of benzene rings is 1. The van der Waals surface area contributed by atoms with Crippen molar-refractivity contribution in [3.8, 4) is 29.0 Å². The Labute approximate surface area is 142 Å². The van der Waals surface area contributed by atoms with Gasteiger partial charge in [0, 0.05) is 13.2 Å². The van der Waals surface area contributed by atoms with Crippen molar-refractivity contribution in [2.45, 2.75) is 0 Å². The molecule has 3 aromatic rings. The van der Waals surface area contributed by atoms with Crippen LogP contribution in [0.15, 0.2) is 36.5 Å². The first-order chi connectivity index (χ1) is 12.2. The minimum absolute atomic E-state index is 0.240. The van der Waals surface area contributed by atoms with Crippen LogP contribution in [-0.2, 0) is 4.74 Å². The highest BCUT2D eigenvalue weighted by Gasteiger charge is 2.11. The molecule has 0 aliphatic rings. The van der Waals surface area contributed by atoms with E-state index in [1.807, 2.05) is 0 Å². The van der Waals surface area contributed by atoms with Gasteiger partial charge in [0.2, 0.25) is 5.82 Å². The molecule has 1 aromatic carbocycles. The minimum atomic E-state index is -0.448. The summed E-state index contributed by atoms with van der Waals surface area (Å²) in [7, 11) is 1.57. The highest BCUT2D eigenvalue weighted by Crippen LogP contribution is 2.20. The lowest BCUT2D eigenvalue weighted by molar-refractivity contribution is 0.146. The Kier molecular flexibility index (Phi) is 4.92. The number of ether oxygens (including phenoxy) is 2. The first kappa shape index (κ1) is 16.5. The Balaban J connectivity index is 1.89. The number of hydrogen-bond donors (Lipinski definition) is 0. The Hall–Kier alpha value is -3.38. The molecule has 8 nitrogen and oxygen atoms in total. The van der Waals surface area contributed by atoms with Gasteiger partial charge in [-0.05, 0) is 29.5 Å².